The van der Waals surface area contributed by atoms with E-state index < -0.39 is 0 Å². The van der Waals surface area contributed by atoms with Crippen molar-refractivity contribution in [3.05, 3.63) is 65.2 Å². The minimum Gasteiger partial charge on any atom is -0.497 e. The number of carbonyl (C=O) groups excluding carboxylic acids is 1. The van der Waals surface area contributed by atoms with Gasteiger partial charge in [0, 0.05) is 6.42 Å². The van der Waals surface area contributed by atoms with Gasteiger partial charge in [-0.2, -0.15) is 5.10 Å². The summed E-state index contributed by atoms with van der Waals surface area (Å²) in [5, 5.41) is 6.56. The summed E-state index contributed by atoms with van der Waals surface area (Å²) >= 11 is 0. The Labute approximate surface area is 179 Å². The molecule has 158 valence electrons. The summed E-state index contributed by atoms with van der Waals surface area (Å²) in [5.41, 5.74) is 4.35. The van der Waals surface area contributed by atoms with E-state index in [9.17, 15) is 4.79 Å². The van der Waals surface area contributed by atoms with Crippen LogP contribution in [0.4, 0.5) is 0 Å². The standard InChI is InChI=1S/C25H31N3O2/c1-18-12-14-27(15-13-18)17-25(29)28-24(22-7-5-4-6-19(22)2)16-23(26-28)20-8-10-21(30-3)11-9-20/h4-11,18,24H,12-17H2,1-3H3/t24-/m0/s1. The van der Waals surface area contributed by atoms with Gasteiger partial charge in [0.1, 0.15) is 5.75 Å². The largest absolute Gasteiger partial charge is 0.497 e. The summed E-state index contributed by atoms with van der Waals surface area (Å²) in [6, 6.07) is 16.2. The Morgan fingerprint density at radius 3 is 2.47 bits per heavy atom. The van der Waals surface area contributed by atoms with Crippen LogP contribution in [0, 0.1) is 12.8 Å². The molecule has 2 aliphatic rings. The molecule has 0 saturated carbocycles. The highest BCUT2D eigenvalue weighted by molar-refractivity contribution is 6.03. The topological polar surface area (TPSA) is 45.1 Å². The first kappa shape index (κ1) is 20.6. The van der Waals surface area contributed by atoms with E-state index in [-0.39, 0.29) is 11.9 Å². The van der Waals surface area contributed by atoms with E-state index in [0.717, 1.165) is 55.3 Å². The predicted molar refractivity (Wildman–Crippen MR) is 120 cm³/mol. The second kappa shape index (κ2) is 9.00. The number of hydrazone groups is 1. The smallest absolute Gasteiger partial charge is 0.257 e. The summed E-state index contributed by atoms with van der Waals surface area (Å²) in [4.78, 5) is 15.6. The summed E-state index contributed by atoms with van der Waals surface area (Å²) in [5.74, 6) is 1.66. The summed E-state index contributed by atoms with van der Waals surface area (Å²) in [6.07, 6.45) is 3.05. The molecular weight excluding hydrogens is 374 g/mol. The monoisotopic (exact) mass is 405 g/mol. The minimum absolute atomic E-state index is 0.0560. The van der Waals surface area contributed by atoms with Gasteiger partial charge >= 0.3 is 0 Å². The van der Waals surface area contributed by atoms with Crippen LogP contribution in [0.25, 0.3) is 0 Å². The Hall–Kier alpha value is -2.66. The molecule has 0 aliphatic carbocycles. The molecule has 0 aromatic heterocycles. The van der Waals surface area contributed by atoms with Crippen molar-refractivity contribution < 1.29 is 9.53 Å². The highest BCUT2D eigenvalue weighted by Crippen LogP contribution is 2.35. The van der Waals surface area contributed by atoms with Crippen LogP contribution >= 0.6 is 0 Å². The lowest BCUT2D eigenvalue weighted by Crippen LogP contribution is -2.41. The van der Waals surface area contributed by atoms with E-state index >= 15 is 0 Å². The molecule has 0 N–H and O–H groups in total. The molecule has 1 fully saturated rings. The van der Waals surface area contributed by atoms with Crippen molar-refractivity contribution in [2.45, 2.75) is 39.2 Å². The third-order valence-electron chi connectivity index (χ3n) is 6.37. The van der Waals surface area contributed by atoms with E-state index in [0.29, 0.717) is 6.54 Å². The number of piperidine rings is 1. The molecule has 1 saturated heterocycles. The van der Waals surface area contributed by atoms with Crippen LogP contribution < -0.4 is 4.74 Å². The van der Waals surface area contributed by atoms with Crippen LogP contribution in [0.2, 0.25) is 0 Å². The Bertz CT molecular complexity index is 914. The number of benzene rings is 2. The van der Waals surface area contributed by atoms with Crippen molar-refractivity contribution in [1.29, 1.82) is 0 Å². The normalized spacial score (nSPS) is 20.3. The highest BCUT2D eigenvalue weighted by atomic mass is 16.5. The lowest BCUT2D eigenvalue weighted by atomic mass is 9.95. The van der Waals surface area contributed by atoms with E-state index in [4.69, 9.17) is 9.84 Å². The van der Waals surface area contributed by atoms with Gasteiger partial charge in [0.15, 0.2) is 0 Å². The fourth-order valence-corrected chi connectivity index (χ4v) is 4.39. The molecule has 2 aromatic carbocycles. The predicted octanol–water partition coefficient (Wildman–Crippen LogP) is 4.41. The van der Waals surface area contributed by atoms with Crippen LogP contribution in [0.5, 0.6) is 5.75 Å². The lowest BCUT2D eigenvalue weighted by Gasteiger charge is -2.31. The van der Waals surface area contributed by atoms with E-state index in [1.54, 1.807) is 12.1 Å². The molecule has 5 heteroatoms. The number of ether oxygens (including phenoxy) is 1. The Kier molecular flexibility index (Phi) is 6.18. The Balaban J connectivity index is 1.59. The number of aryl methyl sites for hydroxylation is 1. The summed E-state index contributed by atoms with van der Waals surface area (Å²) in [6.45, 7) is 6.82. The van der Waals surface area contributed by atoms with Gasteiger partial charge in [0.05, 0.1) is 25.4 Å². The number of nitrogens with zero attached hydrogens (tertiary/aromatic N) is 3. The minimum atomic E-state index is -0.0560. The zero-order chi connectivity index (χ0) is 21.1. The number of hydrogen-bond acceptors (Lipinski definition) is 4. The van der Waals surface area contributed by atoms with Gasteiger partial charge in [-0.1, -0.05) is 31.2 Å². The van der Waals surface area contributed by atoms with Crippen molar-refractivity contribution in [3.63, 3.8) is 0 Å². The second-order valence-electron chi connectivity index (χ2n) is 8.55. The molecule has 5 nitrogen and oxygen atoms in total. The average Bonchev–Trinajstić information content (AvgIpc) is 3.21. The number of hydrogen-bond donors (Lipinski definition) is 0. The van der Waals surface area contributed by atoms with Crippen LogP contribution in [0.15, 0.2) is 53.6 Å². The first-order chi connectivity index (χ1) is 14.5. The third kappa shape index (κ3) is 4.41. The molecular formula is C25H31N3O2. The van der Waals surface area contributed by atoms with Crippen LogP contribution in [-0.2, 0) is 4.79 Å². The third-order valence-corrected chi connectivity index (χ3v) is 6.37. The molecule has 2 aliphatic heterocycles. The van der Waals surface area contributed by atoms with Crippen LogP contribution in [0.3, 0.4) is 0 Å². The summed E-state index contributed by atoms with van der Waals surface area (Å²) in [7, 11) is 1.66. The molecule has 0 bridgehead atoms. The number of amides is 1. The Morgan fingerprint density at radius 2 is 1.80 bits per heavy atom. The maximum atomic E-state index is 13.3. The quantitative estimate of drug-likeness (QED) is 0.740. The van der Waals surface area contributed by atoms with E-state index in [1.807, 2.05) is 36.4 Å². The summed E-state index contributed by atoms with van der Waals surface area (Å²) < 4.78 is 5.28. The van der Waals surface area contributed by atoms with Gasteiger partial charge in [-0.05, 0) is 79.7 Å². The molecule has 2 aromatic rings. The molecule has 4 rings (SSSR count). The van der Waals surface area contributed by atoms with Crippen molar-refractivity contribution in [2.24, 2.45) is 11.0 Å². The highest BCUT2D eigenvalue weighted by Gasteiger charge is 2.34. The Morgan fingerprint density at radius 1 is 1.10 bits per heavy atom. The maximum Gasteiger partial charge on any atom is 0.257 e. The average molecular weight is 406 g/mol. The molecule has 30 heavy (non-hydrogen) atoms. The van der Waals surface area contributed by atoms with Crippen molar-refractivity contribution in [3.8, 4) is 5.75 Å². The first-order valence-electron chi connectivity index (χ1n) is 10.9. The van der Waals surface area contributed by atoms with Gasteiger partial charge < -0.3 is 4.74 Å². The molecule has 2 heterocycles. The number of carbonyl (C=O) groups is 1. The first-order valence-corrected chi connectivity index (χ1v) is 10.9. The van der Waals surface area contributed by atoms with Crippen LogP contribution in [0.1, 0.15) is 48.9 Å². The van der Waals surface area contributed by atoms with Crippen molar-refractivity contribution >= 4 is 11.6 Å². The molecule has 0 unspecified atom stereocenters. The van der Waals surface area contributed by atoms with Gasteiger partial charge in [0.25, 0.3) is 5.91 Å². The molecule has 1 amide bonds. The zero-order valence-electron chi connectivity index (χ0n) is 18.2. The lowest BCUT2D eigenvalue weighted by molar-refractivity contribution is -0.134. The fraction of sp³-hybridized carbons (Fsp3) is 0.440. The second-order valence-corrected chi connectivity index (χ2v) is 8.55. The molecule has 0 radical (unpaired) electrons. The van der Waals surface area contributed by atoms with Gasteiger partial charge in [-0.15, -0.1) is 0 Å². The zero-order valence-corrected chi connectivity index (χ0v) is 18.2. The molecule has 0 spiro atoms. The van der Waals surface area contributed by atoms with Crippen molar-refractivity contribution in [2.75, 3.05) is 26.7 Å². The van der Waals surface area contributed by atoms with Crippen LogP contribution in [-0.4, -0.2) is 48.3 Å². The molecule has 1 atom stereocenters. The van der Waals surface area contributed by atoms with Gasteiger partial charge in [-0.25, -0.2) is 5.01 Å². The van der Waals surface area contributed by atoms with E-state index in [2.05, 4.69) is 30.9 Å². The van der Waals surface area contributed by atoms with Crippen molar-refractivity contribution in [1.82, 2.24) is 9.91 Å². The number of methoxy groups -OCH3 is 1. The maximum absolute atomic E-state index is 13.3. The van der Waals surface area contributed by atoms with E-state index in [1.165, 1.54) is 11.1 Å². The SMILES string of the molecule is COc1ccc(C2=NN(C(=O)CN3CCC(C)CC3)[C@H](c3ccccc3C)C2)cc1. The van der Waals surface area contributed by atoms with Gasteiger partial charge in [0.2, 0.25) is 0 Å². The van der Waals surface area contributed by atoms with Gasteiger partial charge in [-0.3, -0.25) is 9.69 Å². The fourth-order valence-electron chi connectivity index (χ4n) is 4.39. The number of likely N-dealkylation sites (tertiary alicyclic amines) is 1. The number of rotatable bonds is 5.